The van der Waals surface area contributed by atoms with E-state index < -0.39 is 0 Å². The SMILES string of the molecule is Cl.NCCCOC1CCN(C(=O)c2ccccc2COc2ccccc2)CC1. The topological polar surface area (TPSA) is 64.8 Å². The number of para-hydroxylation sites is 1. The Morgan fingerprint density at radius 3 is 2.43 bits per heavy atom. The molecule has 0 spiro atoms. The minimum absolute atomic E-state index is 0. The van der Waals surface area contributed by atoms with E-state index in [0.717, 1.165) is 49.2 Å². The van der Waals surface area contributed by atoms with Crippen molar-refractivity contribution in [1.82, 2.24) is 4.90 Å². The molecule has 28 heavy (non-hydrogen) atoms. The molecule has 0 aliphatic carbocycles. The van der Waals surface area contributed by atoms with Gasteiger partial charge in [-0.3, -0.25) is 4.79 Å². The van der Waals surface area contributed by atoms with Crippen LogP contribution in [0.25, 0.3) is 0 Å². The smallest absolute Gasteiger partial charge is 0.254 e. The highest BCUT2D eigenvalue weighted by Crippen LogP contribution is 2.20. The first-order valence-electron chi connectivity index (χ1n) is 9.64. The minimum atomic E-state index is 0. The van der Waals surface area contributed by atoms with Crippen LogP contribution in [0.3, 0.4) is 0 Å². The van der Waals surface area contributed by atoms with Crippen molar-refractivity contribution in [3.8, 4) is 5.75 Å². The molecule has 1 amide bonds. The van der Waals surface area contributed by atoms with Crippen molar-refractivity contribution >= 4 is 18.3 Å². The lowest BCUT2D eigenvalue weighted by molar-refractivity contribution is 0.00839. The number of halogens is 1. The van der Waals surface area contributed by atoms with E-state index in [1.54, 1.807) is 0 Å². The quantitative estimate of drug-likeness (QED) is 0.682. The number of amides is 1. The number of hydrogen-bond donors (Lipinski definition) is 1. The largest absolute Gasteiger partial charge is 0.489 e. The second kappa shape index (κ2) is 11.7. The molecule has 1 aliphatic heterocycles. The minimum Gasteiger partial charge on any atom is -0.489 e. The molecule has 2 aromatic carbocycles. The number of carbonyl (C=O) groups is 1. The number of piperidine rings is 1. The molecule has 3 rings (SSSR count). The summed E-state index contributed by atoms with van der Waals surface area (Å²) >= 11 is 0. The highest BCUT2D eigenvalue weighted by molar-refractivity contribution is 5.95. The lowest BCUT2D eigenvalue weighted by Crippen LogP contribution is -2.41. The van der Waals surface area contributed by atoms with Gasteiger partial charge in [0.2, 0.25) is 0 Å². The van der Waals surface area contributed by atoms with Crippen LogP contribution >= 0.6 is 12.4 Å². The van der Waals surface area contributed by atoms with E-state index in [1.807, 2.05) is 59.5 Å². The van der Waals surface area contributed by atoms with Gasteiger partial charge in [-0.1, -0.05) is 36.4 Å². The maximum Gasteiger partial charge on any atom is 0.254 e. The Morgan fingerprint density at radius 2 is 1.71 bits per heavy atom. The van der Waals surface area contributed by atoms with Crippen LogP contribution in [0.2, 0.25) is 0 Å². The monoisotopic (exact) mass is 404 g/mol. The van der Waals surface area contributed by atoms with Crippen molar-refractivity contribution < 1.29 is 14.3 Å². The van der Waals surface area contributed by atoms with Gasteiger partial charge in [0.05, 0.1) is 6.10 Å². The van der Waals surface area contributed by atoms with Crippen LogP contribution < -0.4 is 10.5 Å². The highest BCUT2D eigenvalue weighted by atomic mass is 35.5. The van der Waals surface area contributed by atoms with Crippen molar-refractivity contribution in [3.05, 3.63) is 65.7 Å². The zero-order chi connectivity index (χ0) is 18.9. The molecule has 0 atom stereocenters. The summed E-state index contributed by atoms with van der Waals surface area (Å²) in [6, 6.07) is 17.3. The van der Waals surface area contributed by atoms with Crippen LogP contribution in [0.4, 0.5) is 0 Å². The summed E-state index contributed by atoms with van der Waals surface area (Å²) in [5.74, 6) is 0.873. The number of hydrogen-bond acceptors (Lipinski definition) is 4. The van der Waals surface area contributed by atoms with Crippen LogP contribution in [0.15, 0.2) is 54.6 Å². The molecule has 1 saturated heterocycles. The van der Waals surface area contributed by atoms with Gasteiger partial charge in [-0.25, -0.2) is 0 Å². The van der Waals surface area contributed by atoms with Gasteiger partial charge in [-0.15, -0.1) is 12.4 Å². The Labute approximate surface area is 173 Å². The molecule has 0 unspecified atom stereocenters. The Hall–Kier alpha value is -2.08. The van der Waals surface area contributed by atoms with Gasteiger partial charge < -0.3 is 20.1 Å². The zero-order valence-electron chi connectivity index (χ0n) is 16.1. The second-order valence-corrected chi connectivity index (χ2v) is 6.76. The third-order valence-electron chi connectivity index (χ3n) is 4.82. The van der Waals surface area contributed by atoms with Gasteiger partial charge in [0.25, 0.3) is 5.91 Å². The van der Waals surface area contributed by atoms with Gasteiger partial charge in [-0.05, 0) is 44.0 Å². The molecule has 152 valence electrons. The first kappa shape index (κ1) is 22.2. The Bertz CT molecular complexity index is 719. The van der Waals surface area contributed by atoms with Gasteiger partial charge in [-0.2, -0.15) is 0 Å². The summed E-state index contributed by atoms with van der Waals surface area (Å²) in [5, 5.41) is 0. The fourth-order valence-electron chi connectivity index (χ4n) is 3.26. The molecule has 1 aliphatic rings. The van der Waals surface area contributed by atoms with E-state index >= 15 is 0 Å². The van der Waals surface area contributed by atoms with Gasteiger partial charge in [0.1, 0.15) is 12.4 Å². The molecule has 0 saturated carbocycles. The third-order valence-corrected chi connectivity index (χ3v) is 4.82. The van der Waals surface area contributed by atoms with E-state index in [2.05, 4.69) is 0 Å². The molecular weight excluding hydrogens is 376 g/mol. The molecule has 2 aromatic rings. The Morgan fingerprint density at radius 1 is 1.04 bits per heavy atom. The summed E-state index contributed by atoms with van der Waals surface area (Å²) in [6.45, 7) is 3.18. The number of nitrogens with two attached hydrogens (primary N) is 1. The number of benzene rings is 2. The summed E-state index contributed by atoms with van der Waals surface area (Å²) < 4.78 is 11.7. The number of nitrogens with zero attached hydrogens (tertiary/aromatic N) is 1. The van der Waals surface area contributed by atoms with Crippen LogP contribution in [0, 0.1) is 0 Å². The van der Waals surface area contributed by atoms with Crippen LogP contribution in [-0.4, -0.2) is 43.2 Å². The van der Waals surface area contributed by atoms with Crippen molar-refractivity contribution in [1.29, 1.82) is 0 Å². The summed E-state index contributed by atoms with van der Waals surface area (Å²) in [6.07, 6.45) is 2.86. The van der Waals surface area contributed by atoms with Crippen molar-refractivity contribution in [3.63, 3.8) is 0 Å². The van der Waals surface area contributed by atoms with Crippen LogP contribution in [0.5, 0.6) is 5.75 Å². The summed E-state index contributed by atoms with van der Waals surface area (Å²) in [7, 11) is 0. The van der Waals surface area contributed by atoms with E-state index in [0.29, 0.717) is 19.8 Å². The maximum absolute atomic E-state index is 13.0. The fourth-order valence-corrected chi connectivity index (χ4v) is 3.26. The standard InChI is InChI=1S/C22H28N2O3.ClH/c23-13-6-16-26-20-11-14-24(15-12-20)22(25)21-10-5-4-7-18(21)17-27-19-8-2-1-3-9-19;/h1-5,7-10,20H,6,11-17,23H2;1H. The molecule has 0 aromatic heterocycles. The van der Waals surface area contributed by atoms with E-state index in [1.165, 1.54) is 0 Å². The first-order valence-corrected chi connectivity index (χ1v) is 9.64. The second-order valence-electron chi connectivity index (χ2n) is 6.76. The molecular formula is C22H29ClN2O3. The Balaban J connectivity index is 0.00000280. The van der Waals surface area contributed by atoms with E-state index in [-0.39, 0.29) is 24.4 Å². The van der Waals surface area contributed by atoms with Crippen molar-refractivity contribution in [2.45, 2.75) is 32.0 Å². The van der Waals surface area contributed by atoms with Crippen LogP contribution in [0.1, 0.15) is 35.2 Å². The average Bonchev–Trinajstić information content (AvgIpc) is 2.73. The molecule has 6 heteroatoms. The first-order chi connectivity index (χ1) is 13.3. The number of rotatable bonds is 8. The molecule has 0 bridgehead atoms. The highest BCUT2D eigenvalue weighted by Gasteiger charge is 2.25. The van der Waals surface area contributed by atoms with Gasteiger partial charge >= 0.3 is 0 Å². The molecule has 5 nitrogen and oxygen atoms in total. The van der Waals surface area contributed by atoms with Crippen LogP contribution in [-0.2, 0) is 11.3 Å². The predicted octanol–water partition coefficient (Wildman–Crippen LogP) is 3.66. The summed E-state index contributed by atoms with van der Waals surface area (Å²) in [5.41, 5.74) is 7.13. The molecule has 0 radical (unpaired) electrons. The fraction of sp³-hybridized carbons (Fsp3) is 0.409. The molecule has 2 N–H and O–H groups in total. The molecule has 1 fully saturated rings. The Kier molecular flexibility index (Phi) is 9.28. The molecule has 1 heterocycles. The number of carbonyl (C=O) groups excluding carboxylic acids is 1. The number of ether oxygens (including phenoxy) is 2. The predicted molar refractivity (Wildman–Crippen MR) is 113 cm³/mol. The number of likely N-dealkylation sites (tertiary alicyclic amines) is 1. The normalized spacial score (nSPS) is 14.4. The lowest BCUT2D eigenvalue weighted by atomic mass is 10.0. The van der Waals surface area contributed by atoms with Gasteiger partial charge in [0, 0.05) is 30.8 Å². The van der Waals surface area contributed by atoms with Crippen molar-refractivity contribution in [2.75, 3.05) is 26.2 Å². The van der Waals surface area contributed by atoms with Crippen molar-refractivity contribution in [2.24, 2.45) is 5.73 Å². The maximum atomic E-state index is 13.0. The zero-order valence-corrected chi connectivity index (χ0v) is 16.9. The van der Waals surface area contributed by atoms with E-state index in [9.17, 15) is 4.79 Å². The third kappa shape index (κ3) is 6.23. The van der Waals surface area contributed by atoms with Gasteiger partial charge in [0.15, 0.2) is 0 Å². The lowest BCUT2D eigenvalue weighted by Gasteiger charge is -2.32. The average molecular weight is 405 g/mol. The van der Waals surface area contributed by atoms with E-state index in [4.69, 9.17) is 15.2 Å². The summed E-state index contributed by atoms with van der Waals surface area (Å²) in [4.78, 5) is 14.9.